The van der Waals surface area contributed by atoms with E-state index in [1.165, 1.54) is 6.07 Å². The SMILES string of the molecule is CN=C(NCCc1ccc(F)cc1C)NCc1ccc(OC)c(OC)c1OC. The number of hydrogen-bond donors (Lipinski definition) is 2. The van der Waals surface area contributed by atoms with Crippen molar-refractivity contribution in [3.63, 3.8) is 0 Å². The highest BCUT2D eigenvalue weighted by atomic mass is 19.1. The standard InChI is InChI=1S/C21H28FN3O3/c1-14-12-17(22)8-6-15(14)10-11-24-21(23-2)25-13-16-7-9-18(26-3)20(28-5)19(16)27-4/h6-9,12H,10-11,13H2,1-5H3,(H2,23,24,25). The molecular weight excluding hydrogens is 361 g/mol. The van der Waals surface area contributed by atoms with Crippen molar-refractivity contribution in [2.45, 2.75) is 19.9 Å². The number of guanidine groups is 1. The molecule has 0 amide bonds. The van der Waals surface area contributed by atoms with E-state index in [9.17, 15) is 4.39 Å². The highest BCUT2D eigenvalue weighted by Crippen LogP contribution is 2.39. The van der Waals surface area contributed by atoms with Crippen molar-refractivity contribution < 1.29 is 18.6 Å². The molecule has 2 aromatic rings. The minimum absolute atomic E-state index is 0.212. The zero-order valence-corrected chi connectivity index (χ0v) is 17.1. The van der Waals surface area contributed by atoms with Crippen molar-refractivity contribution in [1.82, 2.24) is 10.6 Å². The summed E-state index contributed by atoms with van der Waals surface area (Å²) in [5.74, 6) is 2.23. The molecule has 0 heterocycles. The predicted molar refractivity (Wildman–Crippen MR) is 109 cm³/mol. The van der Waals surface area contributed by atoms with Gasteiger partial charge in [0.05, 0.1) is 21.3 Å². The van der Waals surface area contributed by atoms with Gasteiger partial charge in [-0.15, -0.1) is 0 Å². The van der Waals surface area contributed by atoms with E-state index in [1.54, 1.807) is 34.4 Å². The van der Waals surface area contributed by atoms with Crippen LogP contribution in [0.25, 0.3) is 0 Å². The van der Waals surface area contributed by atoms with Gasteiger partial charge >= 0.3 is 0 Å². The fraction of sp³-hybridized carbons (Fsp3) is 0.381. The molecule has 152 valence electrons. The van der Waals surface area contributed by atoms with Crippen LogP contribution in [-0.2, 0) is 13.0 Å². The van der Waals surface area contributed by atoms with Crippen molar-refractivity contribution in [2.75, 3.05) is 34.9 Å². The maximum atomic E-state index is 13.2. The Morgan fingerprint density at radius 1 is 0.964 bits per heavy atom. The maximum absolute atomic E-state index is 13.2. The van der Waals surface area contributed by atoms with E-state index < -0.39 is 0 Å². The van der Waals surface area contributed by atoms with Crippen LogP contribution in [0.3, 0.4) is 0 Å². The van der Waals surface area contributed by atoms with E-state index in [2.05, 4.69) is 15.6 Å². The largest absolute Gasteiger partial charge is 0.493 e. The summed E-state index contributed by atoms with van der Waals surface area (Å²) in [7, 11) is 6.47. The molecule has 0 aromatic heterocycles. The Kier molecular flexibility index (Phi) is 7.92. The zero-order valence-electron chi connectivity index (χ0n) is 17.1. The number of ether oxygens (including phenoxy) is 3. The molecule has 6 nitrogen and oxygen atoms in total. The van der Waals surface area contributed by atoms with Crippen molar-refractivity contribution in [2.24, 2.45) is 4.99 Å². The van der Waals surface area contributed by atoms with E-state index >= 15 is 0 Å². The van der Waals surface area contributed by atoms with Gasteiger partial charge in [-0.3, -0.25) is 4.99 Å². The number of halogens is 1. The van der Waals surface area contributed by atoms with Crippen LogP contribution in [0.15, 0.2) is 35.3 Å². The zero-order chi connectivity index (χ0) is 20.5. The van der Waals surface area contributed by atoms with Crippen LogP contribution < -0.4 is 24.8 Å². The third-order valence-electron chi connectivity index (χ3n) is 4.45. The topological polar surface area (TPSA) is 64.1 Å². The van der Waals surface area contributed by atoms with Gasteiger partial charge in [0.1, 0.15) is 5.82 Å². The second-order valence-corrected chi connectivity index (χ2v) is 6.17. The average Bonchev–Trinajstić information content (AvgIpc) is 2.70. The van der Waals surface area contributed by atoms with Gasteiger partial charge in [0.15, 0.2) is 17.5 Å². The molecule has 0 bridgehead atoms. The minimum atomic E-state index is -0.212. The Balaban J connectivity index is 1.97. The molecular formula is C21H28FN3O3. The summed E-state index contributed by atoms with van der Waals surface area (Å²) in [5, 5.41) is 6.53. The van der Waals surface area contributed by atoms with Crippen molar-refractivity contribution in [3.8, 4) is 17.2 Å². The van der Waals surface area contributed by atoms with E-state index in [0.29, 0.717) is 36.3 Å². The fourth-order valence-corrected chi connectivity index (χ4v) is 2.96. The highest BCUT2D eigenvalue weighted by molar-refractivity contribution is 5.79. The van der Waals surface area contributed by atoms with E-state index in [-0.39, 0.29) is 5.82 Å². The van der Waals surface area contributed by atoms with Gasteiger partial charge < -0.3 is 24.8 Å². The number of rotatable bonds is 8. The van der Waals surface area contributed by atoms with Crippen molar-refractivity contribution >= 4 is 5.96 Å². The molecule has 0 atom stereocenters. The molecule has 0 spiro atoms. The van der Waals surface area contributed by atoms with Crippen LogP contribution in [0, 0.1) is 12.7 Å². The van der Waals surface area contributed by atoms with Gasteiger partial charge in [-0.25, -0.2) is 4.39 Å². The summed E-state index contributed by atoms with van der Waals surface area (Å²) in [5.41, 5.74) is 2.96. The number of aliphatic imine (C=N–C) groups is 1. The Morgan fingerprint density at radius 2 is 1.68 bits per heavy atom. The predicted octanol–water partition coefficient (Wildman–Crippen LogP) is 3.07. The lowest BCUT2D eigenvalue weighted by molar-refractivity contribution is 0.322. The summed E-state index contributed by atoms with van der Waals surface area (Å²) in [6.45, 7) is 3.09. The summed E-state index contributed by atoms with van der Waals surface area (Å²) in [4.78, 5) is 4.24. The summed E-state index contributed by atoms with van der Waals surface area (Å²) in [6, 6.07) is 8.61. The number of aryl methyl sites for hydroxylation is 1. The molecule has 0 aliphatic carbocycles. The number of benzene rings is 2. The van der Waals surface area contributed by atoms with Crippen LogP contribution in [-0.4, -0.2) is 40.9 Å². The fourth-order valence-electron chi connectivity index (χ4n) is 2.96. The molecule has 0 radical (unpaired) electrons. The van der Waals surface area contributed by atoms with Gasteiger partial charge in [0.2, 0.25) is 5.75 Å². The lowest BCUT2D eigenvalue weighted by atomic mass is 10.1. The monoisotopic (exact) mass is 389 g/mol. The van der Waals surface area contributed by atoms with Crippen LogP contribution >= 0.6 is 0 Å². The number of hydrogen-bond acceptors (Lipinski definition) is 4. The van der Waals surface area contributed by atoms with Crippen LogP contribution in [0.1, 0.15) is 16.7 Å². The van der Waals surface area contributed by atoms with Crippen molar-refractivity contribution in [1.29, 1.82) is 0 Å². The molecule has 7 heteroatoms. The van der Waals surface area contributed by atoms with Crippen molar-refractivity contribution in [3.05, 3.63) is 52.8 Å². The minimum Gasteiger partial charge on any atom is -0.493 e. The Morgan fingerprint density at radius 3 is 2.29 bits per heavy atom. The van der Waals surface area contributed by atoms with E-state index in [1.807, 2.05) is 25.1 Å². The lowest BCUT2D eigenvalue weighted by Gasteiger charge is -2.17. The molecule has 2 N–H and O–H groups in total. The number of nitrogens with one attached hydrogen (secondary N) is 2. The molecule has 0 saturated carbocycles. The van der Waals surface area contributed by atoms with Crippen LogP contribution in [0.4, 0.5) is 4.39 Å². The first-order chi connectivity index (χ1) is 13.5. The second-order valence-electron chi connectivity index (χ2n) is 6.17. The van der Waals surface area contributed by atoms with Gasteiger partial charge in [-0.1, -0.05) is 6.07 Å². The smallest absolute Gasteiger partial charge is 0.203 e. The summed E-state index contributed by atoms with van der Waals surface area (Å²) in [6.07, 6.45) is 0.770. The first kappa shape index (κ1) is 21.3. The van der Waals surface area contributed by atoms with E-state index in [4.69, 9.17) is 14.2 Å². The number of methoxy groups -OCH3 is 3. The highest BCUT2D eigenvalue weighted by Gasteiger charge is 2.15. The van der Waals surface area contributed by atoms with Crippen LogP contribution in [0.2, 0.25) is 0 Å². The van der Waals surface area contributed by atoms with Crippen LogP contribution in [0.5, 0.6) is 17.2 Å². The summed E-state index contributed by atoms with van der Waals surface area (Å²) < 4.78 is 29.4. The van der Waals surface area contributed by atoms with E-state index in [0.717, 1.165) is 23.1 Å². The Bertz CT molecular complexity index is 825. The third kappa shape index (κ3) is 5.28. The molecule has 0 unspecified atom stereocenters. The maximum Gasteiger partial charge on any atom is 0.203 e. The molecule has 2 aromatic carbocycles. The van der Waals surface area contributed by atoms with Gasteiger partial charge in [0, 0.05) is 25.7 Å². The molecule has 2 rings (SSSR count). The Labute approximate surface area is 165 Å². The molecule has 0 aliphatic rings. The van der Waals surface area contributed by atoms with Gasteiger partial charge in [-0.05, 0) is 48.7 Å². The molecule has 0 aliphatic heterocycles. The molecule has 0 saturated heterocycles. The Hall–Kier alpha value is -2.96. The second kappa shape index (κ2) is 10.4. The first-order valence-electron chi connectivity index (χ1n) is 9.01. The molecule has 28 heavy (non-hydrogen) atoms. The summed E-state index contributed by atoms with van der Waals surface area (Å²) >= 11 is 0. The normalized spacial score (nSPS) is 11.1. The first-order valence-corrected chi connectivity index (χ1v) is 9.01. The quantitative estimate of drug-likeness (QED) is 0.537. The average molecular weight is 389 g/mol. The lowest BCUT2D eigenvalue weighted by Crippen LogP contribution is -2.38. The van der Waals surface area contributed by atoms with Gasteiger partial charge in [-0.2, -0.15) is 0 Å². The third-order valence-corrected chi connectivity index (χ3v) is 4.45. The molecule has 0 fully saturated rings. The number of nitrogens with zero attached hydrogens (tertiary/aromatic N) is 1. The van der Waals surface area contributed by atoms with Gasteiger partial charge in [0.25, 0.3) is 0 Å².